The van der Waals surface area contributed by atoms with Crippen LogP contribution in [0.5, 0.6) is 0 Å². The van der Waals surface area contributed by atoms with Gasteiger partial charge in [0.15, 0.2) is 11.5 Å². The zero-order valence-corrected chi connectivity index (χ0v) is 18.7. The van der Waals surface area contributed by atoms with E-state index in [2.05, 4.69) is 67.6 Å². The number of pyridine rings is 1. The molecule has 138 valence electrons. The molecule has 0 saturated carbocycles. The molecule has 7 nitrogen and oxygen atoms in total. The summed E-state index contributed by atoms with van der Waals surface area (Å²) < 4.78 is 8.41. The molecular weight excluding hydrogens is 483 g/mol. The van der Waals surface area contributed by atoms with E-state index in [0.717, 1.165) is 21.7 Å². The summed E-state index contributed by atoms with van der Waals surface area (Å²) in [5.41, 5.74) is 0.715. The Morgan fingerprint density at radius 1 is 1.31 bits per heavy atom. The predicted octanol–water partition coefficient (Wildman–Crippen LogP) is 4.54. The largest absolute Gasteiger partial charge is 0.359 e. The lowest BCUT2D eigenvalue weighted by atomic mass is 10.4. The van der Waals surface area contributed by atoms with Gasteiger partial charge in [-0.15, -0.1) is 0 Å². The molecule has 0 aromatic carbocycles. The maximum Gasteiger partial charge on any atom is 0.230 e. The van der Waals surface area contributed by atoms with Gasteiger partial charge in [0.1, 0.15) is 10.4 Å². The molecule has 0 aliphatic rings. The Bertz CT molecular complexity index is 913. The molecule has 0 saturated heterocycles. The molecular formula is C16H20ClIN6OSi. The van der Waals surface area contributed by atoms with E-state index in [9.17, 15) is 0 Å². The summed E-state index contributed by atoms with van der Waals surface area (Å²) in [6, 6.07) is 4.64. The van der Waals surface area contributed by atoms with Crippen molar-refractivity contribution in [2.75, 3.05) is 11.9 Å². The molecule has 10 heteroatoms. The SMILES string of the molecule is C[Si](C)(C)CCOCn1nc(I)c2cnc(Nc3ncccc3Cl)nc21. The second kappa shape index (κ2) is 8.15. The first-order valence-corrected chi connectivity index (χ1v) is 13.3. The molecule has 0 amide bonds. The Balaban J connectivity index is 1.78. The first-order chi connectivity index (χ1) is 12.3. The van der Waals surface area contributed by atoms with Gasteiger partial charge in [-0.2, -0.15) is 10.1 Å². The summed E-state index contributed by atoms with van der Waals surface area (Å²) >= 11 is 8.31. The van der Waals surface area contributed by atoms with Crippen LogP contribution in [0.1, 0.15) is 0 Å². The van der Waals surface area contributed by atoms with Crippen LogP contribution in [0.25, 0.3) is 11.0 Å². The molecule has 0 spiro atoms. The highest BCUT2D eigenvalue weighted by Gasteiger charge is 2.15. The number of anilines is 2. The predicted molar refractivity (Wildman–Crippen MR) is 115 cm³/mol. The number of ether oxygens (including phenoxy) is 1. The molecule has 0 bridgehead atoms. The van der Waals surface area contributed by atoms with Crippen LogP contribution in [0.3, 0.4) is 0 Å². The zero-order valence-electron chi connectivity index (χ0n) is 14.8. The topological polar surface area (TPSA) is 77.8 Å². The summed E-state index contributed by atoms with van der Waals surface area (Å²) in [7, 11) is -1.11. The van der Waals surface area contributed by atoms with Crippen LogP contribution in [0.2, 0.25) is 30.7 Å². The molecule has 0 radical (unpaired) electrons. The number of rotatable bonds is 7. The summed E-state index contributed by atoms with van der Waals surface area (Å²) in [6.07, 6.45) is 3.40. The maximum atomic E-state index is 6.13. The van der Waals surface area contributed by atoms with Crippen molar-refractivity contribution in [3.63, 3.8) is 0 Å². The highest BCUT2D eigenvalue weighted by molar-refractivity contribution is 14.1. The normalized spacial score (nSPS) is 11.9. The number of aromatic nitrogens is 5. The minimum atomic E-state index is -1.11. The van der Waals surface area contributed by atoms with E-state index in [-0.39, 0.29) is 0 Å². The van der Waals surface area contributed by atoms with Crippen molar-refractivity contribution >= 4 is 65.1 Å². The maximum absolute atomic E-state index is 6.13. The summed E-state index contributed by atoms with van der Waals surface area (Å²) in [6.45, 7) is 8.09. The van der Waals surface area contributed by atoms with E-state index in [1.165, 1.54) is 0 Å². The van der Waals surface area contributed by atoms with E-state index < -0.39 is 8.07 Å². The van der Waals surface area contributed by atoms with Crippen molar-refractivity contribution in [3.05, 3.63) is 33.2 Å². The lowest BCUT2D eigenvalue weighted by Crippen LogP contribution is -2.22. The highest BCUT2D eigenvalue weighted by Crippen LogP contribution is 2.23. The summed E-state index contributed by atoms with van der Waals surface area (Å²) in [5, 5.41) is 8.95. The molecule has 1 N–H and O–H groups in total. The number of nitrogens with one attached hydrogen (secondary N) is 1. The number of fused-ring (bicyclic) bond motifs is 1. The molecule has 0 fully saturated rings. The third kappa shape index (κ3) is 4.90. The van der Waals surface area contributed by atoms with Gasteiger partial charge in [-0.3, -0.25) is 0 Å². The van der Waals surface area contributed by atoms with Gasteiger partial charge < -0.3 is 10.1 Å². The third-order valence-corrected chi connectivity index (χ3v) is 6.45. The Morgan fingerprint density at radius 2 is 2.12 bits per heavy atom. The zero-order chi connectivity index (χ0) is 18.7. The molecule has 0 aliphatic heterocycles. The molecule has 0 aliphatic carbocycles. The van der Waals surface area contributed by atoms with Crippen molar-refractivity contribution in [1.29, 1.82) is 0 Å². The Kier molecular flexibility index (Phi) is 6.10. The average molecular weight is 503 g/mol. The minimum Gasteiger partial charge on any atom is -0.359 e. The van der Waals surface area contributed by atoms with Crippen LogP contribution >= 0.6 is 34.2 Å². The van der Waals surface area contributed by atoms with Gasteiger partial charge in [-0.25, -0.2) is 14.6 Å². The lowest BCUT2D eigenvalue weighted by Gasteiger charge is -2.15. The van der Waals surface area contributed by atoms with Crippen LogP contribution in [0.15, 0.2) is 24.5 Å². The van der Waals surface area contributed by atoms with Crippen LogP contribution in [-0.4, -0.2) is 39.4 Å². The Labute approximate surface area is 171 Å². The first-order valence-electron chi connectivity index (χ1n) is 8.18. The van der Waals surface area contributed by atoms with Crippen LogP contribution < -0.4 is 5.32 Å². The summed E-state index contributed by atoms with van der Waals surface area (Å²) in [5.74, 6) is 0.929. The fourth-order valence-electron chi connectivity index (χ4n) is 2.19. The second-order valence-corrected chi connectivity index (χ2v) is 14.1. The molecule has 3 heterocycles. The molecule has 3 aromatic heterocycles. The quantitative estimate of drug-likeness (QED) is 0.290. The van der Waals surface area contributed by atoms with Gasteiger partial charge in [0, 0.05) is 27.1 Å². The van der Waals surface area contributed by atoms with Crippen LogP contribution in [0.4, 0.5) is 11.8 Å². The molecule has 3 rings (SSSR count). The Hall–Kier alpha value is -1.30. The number of hydrogen-bond acceptors (Lipinski definition) is 6. The van der Waals surface area contributed by atoms with Crippen molar-refractivity contribution < 1.29 is 4.74 Å². The summed E-state index contributed by atoms with van der Waals surface area (Å²) in [4.78, 5) is 13.1. The van der Waals surface area contributed by atoms with Crippen molar-refractivity contribution in [3.8, 4) is 0 Å². The number of hydrogen-bond donors (Lipinski definition) is 1. The van der Waals surface area contributed by atoms with E-state index in [4.69, 9.17) is 16.3 Å². The minimum absolute atomic E-state index is 0.366. The van der Waals surface area contributed by atoms with E-state index in [1.807, 2.05) is 0 Å². The van der Waals surface area contributed by atoms with Crippen molar-refractivity contribution in [2.24, 2.45) is 0 Å². The lowest BCUT2D eigenvalue weighted by molar-refractivity contribution is 0.0810. The second-order valence-electron chi connectivity index (χ2n) is 7.03. The third-order valence-electron chi connectivity index (χ3n) is 3.64. The van der Waals surface area contributed by atoms with Gasteiger partial charge in [-0.05, 0) is 40.8 Å². The van der Waals surface area contributed by atoms with Gasteiger partial charge >= 0.3 is 0 Å². The van der Waals surface area contributed by atoms with E-state index in [0.29, 0.717) is 29.2 Å². The standard InChI is InChI=1S/C16H20ClIN6OSi/c1-26(2,3)8-7-25-10-24-15-11(13(18)23-24)9-20-16(22-15)21-14-12(17)5-4-6-19-14/h4-6,9H,7-8,10H2,1-3H3,(H,19,20,21,22). The van der Waals surface area contributed by atoms with Gasteiger partial charge in [0.05, 0.1) is 10.4 Å². The smallest absolute Gasteiger partial charge is 0.230 e. The van der Waals surface area contributed by atoms with Crippen molar-refractivity contribution in [2.45, 2.75) is 32.4 Å². The van der Waals surface area contributed by atoms with Crippen LogP contribution in [-0.2, 0) is 11.5 Å². The van der Waals surface area contributed by atoms with Crippen LogP contribution in [0, 0.1) is 3.70 Å². The Morgan fingerprint density at radius 3 is 2.85 bits per heavy atom. The average Bonchev–Trinajstić information content (AvgIpc) is 2.89. The van der Waals surface area contributed by atoms with Crippen molar-refractivity contribution in [1.82, 2.24) is 24.7 Å². The fraction of sp³-hybridized carbons (Fsp3) is 0.375. The number of nitrogens with zero attached hydrogens (tertiary/aromatic N) is 5. The van der Waals surface area contributed by atoms with Gasteiger partial charge in [0.25, 0.3) is 0 Å². The number of halogens is 2. The fourth-order valence-corrected chi connectivity index (χ4v) is 3.75. The molecule has 26 heavy (non-hydrogen) atoms. The van der Waals surface area contributed by atoms with E-state index >= 15 is 0 Å². The monoisotopic (exact) mass is 502 g/mol. The van der Waals surface area contributed by atoms with Gasteiger partial charge in [-0.1, -0.05) is 31.2 Å². The molecule has 3 aromatic rings. The molecule has 0 unspecified atom stereocenters. The van der Waals surface area contributed by atoms with E-state index in [1.54, 1.807) is 29.2 Å². The molecule has 0 atom stereocenters. The highest BCUT2D eigenvalue weighted by atomic mass is 127. The first kappa shape index (κ1) is 19.5. The van der Waals surface area contributed by atoms with Gasteiger partial charge in [0.2, 0.25) is 5.95 Å².